The van der Waals surface area contributed by atoms with Gasteiger partial charge >= 0.3 is 0 Å². The fourth-order valence-electron chi connectivity index (χ4n) is 5.84. The van der Waals surface area contributed by atoms with Gasteiger partial charge in [0.1, 0.15) is 5.82 Å². The average molecular weight is 488 g/mol. The molecule has 0 unspecified atom stereocenters. The van der Waals surface area contributed by atoms with Gasteiger partial charge in [-0.25, -0.2) is 12.8 Å². The van der Waals surface area contributed by atoms with Crippen molar-refractivity contribution >= 4 is 9.84 Å². The van der Waals surface area contributed by atoms with Crippen molar-refractivity contribution in [2.75, 3.05) is 32.2 Å². The van der Waals surface area contributed by atoms with Crippen molar-refractivity contribution in [2.24, 2.45) is 11.8 Å². The fraction of sp³-hybridized carbons (Fsp3) is 0.556. The number of rotatable bonds is 7. The maximum absolute atomic E-state index is 13.1. The first-order valence-corrected chi connectivity index (χ1v) is 14.2. The zero-order chi connectivity index (χ0) is 23.5. The van der Waals surface area contributed by atoms with Gasteiger partial charge in [0.15, 0.2) is 21.3 Å². The molecule has 0 amide bonds. The lowest BCUT2D eigenvalue weighted by Gasteiger charge is -2.34. The minimum absolute atomic E-state index is 0.177. The first-order chi connectivity index (χ1) is 16.5. The molecule has 0 N–H and O–H groups in total. The molecule has 184 valence electrons. The molecule has 0 atom stereocenters. The van der Waals surface area contributed by atoms with E-state index in [1.54, 1.807) is 0 Å². The normalized spacial score (nSPS) is 23.8. The highest BCUT2D eigenvalue weighted by Crippen LogP contribution is 2.42. The lowest BCUT2D eigenvalue weighted by atomic mass is 9.81. The van der Waals surface area contributed by atoms with Gasteiger partial charge in [-0.05, 0) is 99.8 Å². The van der Waals surface area contributed by atoms with Crippen LogP contribution in [0.2, 0.25) is 0 Å². The molecule has 0 spiro atoms. The van der Waals surface area contributed by atoms with Gasteiger partial charge in [0.2, 0.25) is 6.79 Å². The summed E-state index contributed by atoms with van der Waals surface area (Å²) < 4.78 is 49.7. The summed E-state index contributed by atoms with van der Waals surface area (Å²) >= 11 is 0. The topological polar surface area (TPSA) is 55.8 Å². The standard InChI is InChI=1S/C27H34FNO4S/c28-23-8-10-24(11-9-23)34(30,31)18-21-6-4-20(5-7-21)12-15-29-16-13-22(14-17-29)25-2-1-3-26-27(25)33-19-32-26/h1-3,8-11,20-22H,4-7,12-19H2. The lowest BCUT2D eigenvalue weighted by Crippen LogP contribution is -2.35. The summed E-state index contributed by atoms with van der Waals surface area (Å²) in [7, 11) is -3.35. The van der Waals surface area contributed by atoms with E-state index in [1.165, 1.54) is 36.2 Å². The van der Waals surface area contributed by atoms with Crippen LogP contribution in [0.1, 0.15) is 56.4 Å². The molecule has 2 heterocycles. The summed E-state index contributed by atoms with van der Waals surface area (Å²) in [4.78, 5) is 2.82. The third kappa shape index (κ3) is 5.41. The van der Waals surface area contributed by atoms with Crippen LogP contribution in [0.5, 0.6) is 11.5 Å². The number of likely N-dealkylation sites (tertiary alicyclic amines) is 1. The van der Waals surface area contributed by atoms with Crippen LogP contribution < -0.4 is 9.47 Å². The zero-order valence-corrected chi connectivity index (χ0v) is 20.4. The van der Waals surface area contributed by atoms with E-state index < -0.39 is 15.7 Å². The number of fused-ring (bicyclic) bond motifs is 1. The number of para-hydroxylation sites is 1. The highest BCUT2D eigenvalue weighted by Gasteiger charge is 2.29. The molecule has 2 aliphatic heterocycles. The number of hydrogen-bond donors (Lipinski definition) is 0. The molecule has 2 aromatic rings. The quantitative estimate of drug-likeness (QED) is 0.489. The van der Waals surface area contributed by atoms with Crippen LogP contribution in [-0.2, 0) is 9.84 Å². The molecule has 0 radical (unpaired) electrons. The molecule has 5 rings (SSSR count). The Balaban J connectivity index is 1.04. The highest BCUT2D eigenvalue weighted by molar-refractivity contribution is 7.91. The Morgan fingerprint density at radius 2 is 1.59 bits per heavy atom. The predicted octanol–water partition coefficient (Wildman–Crippen LogP) is 5.40. The van der Waals surface area contributed by atoms with E-state index >= 15 is 0 Å². The molecule has 7 heteroatoms. The van der Waals surface area contributed by atoms with Crippen molar-refractivity contribution in [3.63, 3.8) is 0 Å². The van der Waals surface area contributed by atoms with Crippen molar-refractivity contribution in [3.8, 4) is 11.5 Å². The SMILES string of the molecule is O=S(=O)(CC1CCC(CCN2CCC(c3cccc4c3OCO4)CC2)CC1)c1ccc(F)cc1. The van der Waals surface area contributed by atoms with E-state index in [9.17, 15) is 12.8 Å². The largest absolute Gasteiger partial charge is 0.454 e. The lowest BCUT2D eigenvalue weighted by molar-refractivity contribution is 0.168. The molecule has 2 aromatic carbocycles. The van der Waals surface area contributed by atoms with Gasteiger partial charge in [-0.2, -0.15) is 0 Å². The van der Waals surface area contributed by atoms with Crippen molar-refractivity contribution in [1.29, 1.82) is 0 Å². The van der Waals surface area contributed by atoms with Crippen molar-refractivity contribution < 1.29 is 22.3 Å². The molecule has 1 saturated carbocycles. The van der Waals surface area contributed by atoms with Crippen LogP contribution in [-0.4, -0.2) is 45.5 Å². The van der Waals surface area contributed by atoms with Crippen molar-refractivity contribution in [1.82, 2.24) is 4.90 Å². The number of halogens is 1. The van der Waals surface area contributed by atoms with Crippen molar-refractivity contribution in [2.45, 2.75) is 55.8 Å². The van der Waals surface area contributed by atoms with Crippen LogP contribution in [0, 0.1) is 17.7 Å². The Morgan fingerprint density at radius 3 is 2.32 bits per heavy atom. The van der Waals surface area contributed by atoms with E-state index in [2.05, 4.69) is 17.0 Å². The molecule has 2 fully saturated rings. The maximum Gasteiger partial charge on any atom is 0.231 e. The van der Waals surface area contributed by atoms with Gasteiger partial charge in [0, 0.05) is 5.56 Å². The van der Waals surface area contributed by atoms with Gasteiger partial charge < -0.3 is 14.4 Å². The third-order valence-corrected chi connectivity index (χ3v) is 9.80. The third-order valence-electron chi connectivity index (χ3n) is 7.90. The first-order valence-electron chi connectivity index (χ1n) is 12.6. The molecule has 1 aliphatic carbocycles. The Bertz CT molecular complexity index is 1070. The zero-order valence-electron chi connectivity index (χ0n) is 19.6. The van der Waals surface area contributed by atoms with E-state index in [0.29, 0.717) is 18.6 Å². The van der Waals surface area contributed by atoms with Gasteiger partial charge in [-0.3, -0.25) is 0 Å². The van der Waals surface area contributed by atoms with Crippen molar-refractivity contribution in [3.05, 3.63) is 53.8 Å². The molecule has 3 aliphatic rings. The van der Waals surface area contributed by atoms with Gasteiger partial charge in [0.25, 0.3) is 0 Å². The molecule has 0 bridgehead atoms. The smallest absolute Gasteiger partial charge is 0.231 e. The molecular weight excluding hydrogens is 453 g/mol. The molecule has 34 heavy (non-hydrogen) atoms. The number of benzene rings is 2. The van der Waals surface area contributed by atoms with Crippen LogP contribution in [0.4, 0.5) is 4.39 Å². The summed E-state index contributed by atoms with van der Waals surface area (Å²) in [5, 5.41) is 0. The minimum Gasteiger partial charge on any atom is -0.454 e. The van der Waals surface area contributed by atoms with E-state index in [0.717, 1.165) is 69.7 Å². The number of nitrogens with zero attached hydrogens (tertiary/aromatic N) is 1. The molecule has 1 saturated heterocycles. The van der Waals surface area contributed by atoms with E-state index in [-0.39, 0.29) is 16.6 Å². The number of hydrogen-bond acceptors (Lipinski definition) is 5. The Labute approximate surface area is 202 Å². The summed E-state index contributed by atoms with van der Waals surface area (Å²) in [6.07, 6.45) is 7.63. The van der Waals surface area contributed by atoms with Crippen LogP contribution in [0.3, 0.4) is 0 Å². The van der Waals surface area contributed by atoms with Crippen LogP contribution >= 0.6 is 0 Å². The van der Waals surface area contributed by atoms with E-state index in [1.807, 2.05) is 6.07 Å². The highest BCUT2D eigenvalue weighted by atomic mass is 32.2. The number of sulfone groups is 1. The minimum atomic E-state index is -3.35. The second-order valence-corrected chi connectivity index (χ2v) is 12.1. The van der Waals surface area contributed by atoms with Gasteiger partial charge in [-0.15, -0.1) is 0 Å². The molecular formula is C27H34FNO4S. The summed E-state index contributed by atoms with van der Waals surface area (Å²) in [6, 6.07) is 11.4. The van der Waals surface area contributed by atoms with Gasteiger partial charge in [0.05, 0.1) is 10.6 Å². The summed E-state index contributed by atoms with van der Waals surface area (Å²) in [5.41, 5.74) is 1.29. The van der Waals surface area contributed by atoms with Crippen LogP contribution in [0.25, 0.3) is 0 Å². The molecule has 0 aromatic heterocycles. The Kier molecular flexibility index (Phi) is 7.11. The molecule has 5 nitrogen and oxygen atoms in total. The predicted molar refractivity (Wildman–Crippen MR) is 129 cm³/mol. The number of piperidine rings is 1. The summed E-state index contributed by atoms with van der Waals surface area (Å²) in [6.45, 7) is 3.68. The first kappa shape index (κ1) is 23.6. The Morgan fingerprint density at radius 1 is 0.882 bits per heavy atom. The van der Waals surface area contributed by atoms with Crippen LogP contribution in [0.15, 0.2) is 47.4 Å². The van der Waals surface area contributed by atoms with Gasteiger partial charge in [-0.1, -0.05) is 25.0 Å². The average Bonchev–Trinajstić information content (AvgIpc) is 3.33. The van der Waals surface area contributed by atoms with E-state index in [4.69, 9.17) is 9.47 Å². The number of ether oxygens (including phenoxy) is 2. The second kappa shape index (κ2) is 10.2. The monoisotopic (exact) mass is 487 g/mol. The maximum atomic E-state index is 13.1. The second-order valence-electron chi connectivity index (χ2n) is 10.1. The summed E-state index contributed by atoms with van der Waals surface area (Å²) in [5.74, 6) is 3.02. The Hall–Kier alpha value is -2.12. The fourth-order valence-corrected chi connectivity index (χ4v) is 7.54.